The van der Waals surface area contributed by atoms with E-state index in [1.54, 1.807) is 13.1 Å². The lowest BCUT2D eigenvalue weighted by atomic mass is 10.1. The average molecular weight is 447 g/mol. The van der Waals surface area contributed by atoms with Gasteiger partial charge in [-0.15, -0.1) is 0 Å². The van der Waals surface area contributed by atoms with Crippen LogP contribution in [0.5, 0.6) is 10.9 Å². The summed E-state index contributed by atoms with van der Waals surface area (Å²) >= 11 is 1.44. The first-order valence-electron chi connectivity index (χ1n) is 11.0. The highest BCUT2D eigenvalue weighted by Crippen LogP contribution is 2.61. The van der Waals surface area contributed by atoms with Gasteiger partial charge < -0.3 is 14.1 Å². The van der Waals surface area contributed by atoms with Gasteiger partial charge in [-0.05, 0) is 55.2 Å². The second-order valence-corrected chi connectivity index (χ2v) is 10.2. The average Bonchev–Trinajstić information content (AvgIpc) is 3.04. The maximum atomic E-state index is 11.9. The number of piperazine rings is 1. The molecule has 1 spiro atoms. The number of ether oxygens (including phenoxy) is 1. The van der Waals surface area contributed by atoms with Crippen LogP contribution in [0.25, 0.3) is 21.3 Å². The third-order valence-electron chi connectivity index (χ3n) is 7.33. The van der Waals surface area contributed by atoms with Crippen LogP contribution in [0.2, 0.25) is 0 Å². The van der Waals surface area contributed by atoms with Gasteiger partial charge in [0.25, 0.3) is 5.19 Å². The molecule has 162 valence electrons. The summed E-state index contributed by atoms with van der Waals surface area (Å²) in [5.74, 6) is 2.63. The van der Waals surface area contributed by atoms with Crippen LogP contribution in [0.4, 0.5) is 0 Å². The fraction of sp³-hybridized carbons (Fsp3) is 0.375. The van der Waals surface area contributed by atoms with Crippen LogP contribution >= 0.6 is 11.3 Å². The summed E-state index contributed by atoms with van der Waals surface area (Å²) in [5.41, 5.74) is 1.87. The van der Waals surface area contributed by atoms with Crippen LogP contribution in [0.1, 0.15) is 25.5 Å². The molecule has 0 radical (unpaired) electrons. The lowest BCUT2D eigenvalue weighted by molar-refractivity contribution is -0.133. The van der Waals surface area contributed by atoms with Crippen LogP contribution in [0.15, 0.2) is 47.0 Å². The minimum absolute atomic E-state index is 0.169. The molecular weight excluding hydrogens is 424 g/mol. The van der Waals surface area contributed by atoms with E-state index in [0.29, 0.717) is 11.2 Å². The van der Waals surface area contributed by atoms with Crippen molar-refractivity contribution in [2.45, 2.75) is 37.9 Å². The summed E-state index contributed by atoms with van der Waals surface area (Å²) in [7, 11) is 0. The Morgan fingerprint density at radius 3 is 3.12 bits per heavy atom. The van der Waals surface area contributed by atoms with E-state index in [0.717, 1.165) is 58.4 Å². The molecule has 2 unspecified atom stereocenters. The van der Waals surface area contributed by atoms with Crippen LogP contribution < -0.4 is 4.74 Å². The van der Waals surface area contributed by atoms with Crippen molar-refractivity contribution < 1.29 is 13.9 Å². The van der Waals surface area contributed by atoms with E-state index in [9.17, 15) is 4.79 Å². The molecule has 2 saturated heterocycles. The summed E-state index contributed by atoms with van der Waals surface area (Å²) in [6, 6.07) is 12.2. The Hall–Kier alpha value is -2.97. The molecule has 1 aromatic carbocycles. The summed E-state index contributed by atoms with van der Waals surface area (Å²) < 4.78 is 12.2. The van der Waals surface area contributed by atoms with Crippen molar-refractivity contribution in [3.63, 3.8) is 0 Å². The number of likely N-dealkylation sites (tertiary alicyclic amines) is 1. The fourth-order valence-corrected chi connectivity index (χ4v) is 6.53. The lowest BCUT2D eigenvalue weighted by Crippen LogP contribution is -2.57. The maximum absolute atomic E-state index is 11.9. The number of carbonyl (C=O) groups is 1. The fourth-order valence-electron chi connectivity index (χ4n) is 5.76. The van der Waals surface area contributed by atoms with E-state index >= 15 is 0 Å². The molecule has 3 aromatic heterocycles. The zero-order valence-electron chi connectivity index (χ0n) is 17.7. The molecule has 3 fully saturated rings. The first-order chi connectivity index (χ1) is 15.6. The Morgan fingerprint density at radius 1 is 1.34 bits per heavy atom. The number of nitrogens with zero attached hydrogens (tertiary/aromatic N) is 4. The quantitative estimate of drug-likeness (QED) is 0.462. The molecule has 1 aliphatic carbocycles. The summed E-state index contributed by atoms with van der Waals surface area (Å²) in [6.07, 6.45) is 4.15. The van der Waals surface area contributed by atoms with E-state index in [4.69, 9.17) is 9.15 Å². The van der Waals surface area contributed by atoms with Crippen LogP contribution in [-0.2, 0) is 11.3 Å². The molecule has 1 saturated carbocycles. The number of piperidine rings is 1. The summed E-state index contributed by atoms with van der Waals surface area (Å²) in [4.78, 5) is 26.3. The molecule has 7 rings (SSSR count). The number of furan rings is 1. The second kappa shape index (κ2) is 6.52. The molecule has 1 amide bonds. The third-order valence-corrected chi connectivity index (χ3v) is 8.18. The van der Waals surface area contributed by atoms with Gasteiger partial charge in [0.05, 0.1) is 6.54 Å². The topological polar surface area (TPSA) is 71.7 Å². The molecule has 4 aromatic rings. The number of benzene rings is 1. The molecular formula is C24H22N4O3S. The highest BCUT2D eigenvalue weighted by Gasteiger charge is 2.68. The molecule has 32 heavy (non-hydrogen) atoms. The van der Waals surface area contributed by atoms with Crippen molar-refractivity contribution in [1.29, 1.82) is 0 Å². The predicted octanol–water partition coefficient (Wildman–Crippen LogP) is 4.42. The van der Waals surface area contributed by atoms with E-state index < -0.39 is 0 Å². The Labute approximate surface area is 188 Å². The Bertz CT molecular complexity index is 1350. The number of hydrogen-bond donors (Lipinski definition) is 0. The van der Waals surface area contributed by atoms with Crippen LogP contribution in [-0.4, -0.2) is 50.3 Å². The van der Waals surface area contributed by atoms with E-state index in [1.165, 1.54) is 24.2 Å². The van der Waals surface area contributed by atoms with E-state index in [2.05, 4.69) is 20.9 Å². The largest absolute Gasteiger partial charge is 0.460 e. The molecule has 3 atom stereocenters. The highest BCUT2D eigenvalue weighted by molar-refractivity contribution is 7.19. The minimum atomic E-state index is 0.169. The van der Waals surface area contributed by atoms with Gasteiger partial charge in [-0.25, -0.2) is 9.97 Å². The molecule has 2 aliphatic heterocycles. The number of hydrogen-bond acceptors (Lipinski definition) is 7. The maximum Gasteiger partial charge on any atom is 0.281 e. The summed E-state index contributed by atoms with van der Waals surface area (Å²) in [5, 5.41) is 1.61. The van der Waals surface area contributed by atoms with Crippen molar-refractivity contribution in [3.05, 3.63) is 48.4 Å². The van der Waals surface area contributed by atoms with Crippen molar-refractivity contribution in [2.75, 3.05) is 13.1 Å². The number of rotatable bonds is 4. The van der Waals surface area contributed by atoms with Gasteiger partial charge in [0.15, 0.2) is 0 Å². The van der Waals surface area contributed by atoms with Crippen molar-refractivity contribution in [1.82, 2.24) is 19.8 Å². The molecule has 3 aliphatic rings. The Kier molecular flexibility index (Phi) is 3.79. The van der Waals surface area contributed by atoms with Gasteiger partial charge in [-0.3, -0.25) is 9.69 Å². The van der Waals surface area contributed by atoms with Crippen LogP contribution in [0.3, 0.4) is 0 Å². The molecule has 7 nitrogen and oxygen atoms in total. The first-order valence-corrected chi connectivity index (χ1v) is 11.8. The van der Waals surface area contributed by atoms with Crippen LogP contribution in [0, 0.1) is 5.92 Å². The Morgan fingerprint density at radius 2 is 2.28 bits per heavy atom. The van der Waals surface area contributed by atoms with Gasteiger partial charge in [-0.2, -0.15) is 0 Å². The third kappa shape index (κ3) is 2.79. The SMILES string of the molecule is CC(=O)N1C[C@H]2CC3CC3(C1)N2Cc1cc2cc(Oc3nc4cccnc4s3)ccc2o1. The predicted molar refractivity (Wildman–Crippen MR) is 121 cm³/mol. The monoisotopic (exact) mass is 446 g/mol. The Balaban J connectivity index is 1.12. The lowest BCUT2D eigenvalue weighted by Gasteiger charge is -2.43. The molecule has 8 heteroatoms. The van der Waals surface area contributed by atoms with Gasteiger partial charge in [-0.1, -0.05) is 11.3 Å². The van der Waals surface area contributed by atoms with Gasteiger partial charge >= 0.3 is 0 Å². The van der Waals surface area contributed by atoms with Gasteiger partial charge in [0.2, 0.25) is 5.91 Å². The number of carbonyl (C=O) groups excluding carboxylic acids is 1. The van der Waals surface area contributed by atoms with Crippen molar-refractivity contribution >= 4 is 38.6 Å². The number of aromatic nitrogens is 2. The first kappa shape index (κ1) is 18.6. The molecule has 0 N–H and O–H groups in total. The number of thiazole rings is 1. The zero-order valence-corrected chi connectivity index (χ0v) is 18.5. The van der Waals surface area contributed by atoms with Crippen molar-refractivity contribution in [2.24, 2.45) is 5.92 Å². The van der Waals surface area contributed by atoms with Gasteiger partial charge in [0, 0.05) is 43.2 Å². The van der Waals surface area contributed by atoms with Crippen molar-refractivity contribution in [3.8, 4) is 10.9 Å². The number of pyridine rings is 1. The van der Waals surface area contributed by atoms with Gasteiger partial charge in [0.1, 0.15) is 27.4 Å². The number of amides is 1. The minimum Gasteiger partial charge on any atom is -0.460 e. The number of fused-ring (bicyclic) bond motifs is 3. The standard InChI is InChI=1S/C24H22N4O3S/c1-14(29)27-11-17-9-16-10-24(16,13-27)28(17)12-19-8-15-7-18(4-5-21(15)30-19)31-23-26-20-3-2-6-25-22(20)32-23/h2-8,16-17H,9-13H2,1H3/t16?,17-,24?/m1/s1. The summed E-state index contributed by atoms with van der Waals surface area (Å²) in [6.45, 7) is 4.18. The molecule has 2 bridgehead atoms. The highest BCUT2D eigenvalue weighted by atomic mass is 32.1. The smallest absolute Gasteiger partial charge is 0.281 e. The molecule has 5 heterocycles. The van der Waals surface area contributed by atoms with E-state index in [1.807, 2.05) is 35.2 Å². The zero-order chi connectivity index (χ0) is 21.4. The normalized spacial score (nSPS) is 26.6. The second-order valence-electron chi connectivity index (χ2n) is 9.24. The van der Waals surface area contributed by atoms with E-state index in [-0.39, 0.29) is 11.4 Å².